The Morgan fingerprint density at radius 1 is 1.15 bits per heavy atom. The van der Waals surface area contributed by atoms with Gasteiger partial charge in [-0.05, 0) is 47.5 Å². The van der Waals surface area contributed by atoms with Crippen molar-refractivity contribution in [1.29, 1.82) is 0 Å². The molecule has 0 unspecified atom stereocenters. The van der Waals surface area contributed by atoms with Crippen molar-refractivity contribution >= 4 is 23.6 Å². The highest BCUT2D eigenvalue weighted by atomic mass is 35.5. The molecular formula is C19H16ClFN4O2. The lowest BCUT2D eigenvalue weighted by atomic mass is 10.2. The summed E-state index contributed by atoms with van der Waals surface area (Å²) in [6.45, 7) is 0.375. The molecule has 0 fully saturated rings. The van der Waals surface area contributed by atoms with Crippen LogP contribution in [0, 0.1) is 5.82 Å². The van der Waals surface area contributed by atoms with Crippen LogP contribution < -0.4 is 14.9 Å². The molecule has 0 atom stereocenters. The quantitative estimate of drug-likeness (QED) is 0.484. The second kappa shape index (κ2) is 8.95. The minimum Gasteiger partial charge on any atom is -0.497 e. The van der Waals surface area contributed by atoms with Crippen molar-refractivity contribution in [3.63, 3.8) is 0 Å². The number of nitrogens with zero attached hydrogens (tertiary/aromatic N) is 3. The largest absolute Gasteiger partial charge is 0.497 e. The van der Waals surface area contributed by atoms with Crippen LogP contribution in [-0.2, 0) is 6.54 Å². The van der Waals surface area contributed by atoms with Crippen molar-refractivity contribution in [2.45, 2.75) is 6.54 Å². The Bertz CT molecular complexity index is 918. The van der Waals surface area contributed by atoms with Gasteiger partial charge in [0.2, 0.25) is 0 Å². The van der Waals surface area contributed by atoms with Crippen molar-refractivity contribution in [1.82, 2.24) is 9.97 Å². The summed E-state index contributed by atoms with van der Waals surface area (Å²) in [5.74, 6) is 0.177. The fraction of sp³-hybridized carbons (Fsp3) is 0.105. The van der Waals surface area contributed by atoms with E-state index < -0.39 is 5.82 Å². The van der Waals surface area contributed by atoms with E-state index in [4.69, 9.17) is 21.2 Å². The highest BCUT2D eigenvalue weighted by molar-refractivity contribution is 6.30. The van der Waals surface area contributed by atoms with Gasteiger partial charge in [-0.3, -0.25) is 0 Å². The second-order valence-electron chi connectivity index (χ2n) is 5.43. The van der Waals surface area contributed by atoms with Crippen LogP contribution in [0.1, 0.15) is 11.1 Å². The van der Waals surface area contributed by atoms with Gasteiger partial charge in [0, 0.05) is 11.6 Å². The Hall–Kier alpha value is -3.19. The Morgan fingerprint density at radius 2 is 1.89 bits per heavy atom. The first-order valence-corrected chi connectivity index (χ1v) is 8.37. The number of halogens is 2. The van der Waals surface area contributed by atoms with Crippen molar-refractivity contribution in [3.8, 4) is 11.8 Å². The maximum atomic E-state index is 13.9. The third-order valence-electron chi connectivity index (χ3n) is 3.55. The lowest BCUT2D eigenvalue weighted by Gasteiger charge is -2.07. The second-order valence-corrected chi connectivity index (χ2v) is 5.86. The fourth-order valence-electron chi connectivity index (χ4n) is 2.13. The molecule has 0 saturated carbocycles. The van der Waals surface area contributed by atoms with E-state index in [9.17, 15) is 4.39 Å². The van der Waals surface area contributed by atoms with Gasteiger partial charge in [0.25, 0.3) is 0 Å². The Kier molecular flexibility index (Phi) is 6.17. The van der Waals surface area contributed by atoms with Crippen LogP contribution in [0.4, 0.5) is 10.2 Å². The maximum absolute atomic E-state index is 13.9. The van der Waals surface area contributed by atoms with Crippen molar-refractivity contribution in [3.05, 3.63) is 76.7 Å². The van der Waals surface area contributed by atoms with Crippen molar-refractivity contribution < 1.29 is 14.0 Å². The van der Waals surface area contributed by atoms with Crippen LogP contribution in [0.2, 0.25) is 5.02 Å². The van der Waals surface area contributed by atoms with Gasteiger partial charge in [-0.25, -0.2) is 4.39 Å². The molecule has 0 spiro atoms. The molecule has 0 bridgehead atoms. The molecular weight excluding hydrogens is 371 g/mol. The summed E-state index contributed by atoms with van der Waals surface area (Å²) in [5, 5.41) is 7.34. The predicted molar refractivity (Wildman–Crippen MR) is 102 cm³/mol. The number of rotatable bonds is 7. The third-order valence-corrected chi connectivity index (χ3v) is 3.80. The number of nitrogens with one attached hydrogen (secondary N) is 1. The summed E-state index contributed by atoms with van der Waals surface area (Å²) >= 11 is 5.85. The summed E-state index contributed by atoms with van der Waals surface area (Å²) in [6.07, 6.45) is 2.52. The molecule has 6 nitrogen and oxygen atoms in total. The van der Waals surface area contributed by atoms with E-state index in [1.807, 2.05) is 24.3 Å². The van der Waals surface area contributed by atoms with Crippen LogP contribution >= 0.6 is 11.6 Å². The molecule has 1 heterocycles. The number of benzene rings is 2. The zero-order chi connectivity index (χ0) is 19.1. The molecule has 138 valence electrons. The number of hydrogen-bond acceptors (Lipinski definition) is 6. The van der Waals surface area contributed by atoms with E-state index in [1.165, 1.54) is 6.21 Å². The van der Waals surface area contributed by atoms with Gasteiger partial charge in [0.05, 0.1) is 19.5 Å². The average Bonchev–Trinajstić information content (AvgIpc) is 2.70. The Labute approximate surface area is 160 Å². The standard InChI is InChI=1S/C19H16ClFN4O2/c1-26-16-8-4-14(5-9-16)11-24-27-19-23-12-17(21)18(25-19)22-10-13-2-6-15(20)7-3-13/h2-9,11-12H,10H2,1H3,(H,22,23,25). The first-order valence-electron chi connectivity index (χ1n) is 7.99. The van der Waals surface area contributed by atoms with E-state index in [2.05, 4.69) is 20.4 Å². The molecule has 0 aliphatic carbocycles. The summed E-state index contributed by atoms with van der Waals surface area (Å²) in [7, 11) is 1.59. The molecule has 0 saturated heterocycles. The molecule has 0 aliphatic rings. The minimum atomic E-state index is -0.588. The molecule has 27 heavy (non-hydrogen) atoms. The smallest absolute Gasteiger partial charge is 0.347 e. The summed E-state index contributed by atoms with van der Waals surface area (Å²) in [6, 6.07) is 14.4. The van der Waals surface area contributed by atoms with Crippen LogP contribution in [0.3, 0.4) is 0 Å². The van der Waals surface area contributed by atoms with E-state index in [0.29, 0.717) is 11.6 Å². The average molecular weight is 387 g/mol. The lowest BCUT2D eigenvalue weighted by molar-refractivity contribution is 0.314. The van der Waals surface area contributed by atoms with E-state index in [0.717, 1.165) is 23.1 Å². The SMILES string of the molecule is COc1ccc(C=NOc2ncc(F)c(NCc3ccc(Cl)cc3)n2)cc1. The molecule has 0 aliphatic heterocycles. The maximum Gasteiger partial charge on any atom is 0.347 e. The van der Waals surface area contributed by atoms with Gasteiger partial charge < -0.3 is 14.9 Å². The number of methoxy groups -OCH3 is 1. The van der Waals surface area contributed by atoms with Crippen LogP contribution in [0.15, 0.2) is 59.9 Å². The lowest BCUT2D eigenvalue weighted by Crippen LogP contribution is -2.05. The first kappa shape index (κ1) is 18.6. The molecule has 3 aromatic rings. The van der Waals surface area contributed by atoms with E-state index >= 15 is 0 Å². The minimum absolute atomic E-state index is 0.0228. The highest BCUT2D eigenvalue weighted by Gasteiger charge is 2.08. The molecule has 0 radical (unpaired) electrons. The van der Waals surface area contributed by atoms with Gasteiger partial charge in [-0.2, -0.15) is 9.97 Å². The van der Waals surface area contributed by atoms with Crippen molar-refractivity contribution in [2.24, 2.45) is 5.16 Å². The highest BCUT2D eigenvalue weighted by Crippen LogP contribution is 2.16. The fourth-order valence-corrected chi connectivity index (χ4v) is 2.26. The molecule has 1 aromatic heterocycles. The Morgan fingerprint density at radius 3 is 2.59 bits per heavy atom. The molecule has 8 heteroatoms. The molecule has 2 aromatic carbocycles. The van der Waals surface area contributed by atoms with E-state index in [-0.39, 0.29) is 11.8 Å². The monoisotopic (exact) mass is 386 g/mol. The predicted octanol–water partition coefficient (Wildman–Crippen LogP) is 4.30. The van der Waals surface area contributed by atoms with Crippen molar-refractivity contribution in [2.75, 3.05) is 12.4 Å². The number of hydrogen-bond donors (Lipinski definition) is 1. The molecule has 1 N–H and O–H groups in total. The summed E-state index contributed by atoms with van der Waals surface area (Å²) < 4.78 is 19.0. The normalized spacial score (nSPS) is 10.8. The van der Waals surface area contributed by atoms with E-state index in [1.54, 1.807) is 31.4 Å². The van der Waals surface area contributed by atoms with Gasteiger partial charge in [-0.15, -0.1) is 0 Å². The van der Waals surface area contributed by atoms with Gasteiger partial charge in [0.15, 0.2) is 11.6 Å². The molecule has 3 rings (SSSR count). The number of ether oxygens (including phenoxy) is 1. The van der Waals surface area contributed by atoms with Gasteiger partial charge in [-0.1, -0.05) is 28.9 Å². The number of oxime groups is 1. The number of anilines is 1. The number of aromatic nitrogens is 2. The van der Waals surface area contributed by atoms with Crippen LogP contribution in [0.5, 0.6) is 11.8 Å². The zero-order valence-electron chi connectivity index (χ0n) is 14.4. The van der Waals surface area contributed by atoms with Gasteiger partial charge in [0.1, 0.15) is 5.75 Å². The van der Waals surface area contributed by atoms with Crippen LogP contribution in [-0.4, -0.2) is 23.3 Å². The first-order chi connectivity index (χ1) is 13.1. The molecule has 0 amide bonds. The van der Waals surface area contributed by atoms with Crippen LogP contribution in [0.25, 0.3) is 0 Å². The third kappa shape index (κ3) is 5.39. The Balaban J connectivity index is 1.61. The summed E-state index contributed by atoms with van der Waals surface area (Å²) in [5.41, 5.74) is 1.73. The topological polar surface area (TPSA) is 68.6 Å². The van der Waals surface area contributed by atoms with Gasteiger partial charge >= 0.3 is 6.01 Å². The summed E-state index contributed by atoms with van der Waals surface area (Å²) in [4.78, 5) is 12.9. The zero-order valence-corrected chi connectivity index (χ0v) is 15.2.